The Balaban J connectivity index is 0.00000131. The van der Waals surface area contributed by atoms with E-state index in [2.05, 4.69) is 0 Å². The summed E-state index contributed by atoms with van der Waals surface area (Å²) < 4.78 is 0. The highest BCUT2D eigenvalue weighted by atomic mass is 35.5. The van der Waals surface area contributed by atoms with Gasteiger partial charge in [0.25, 0.3) is 5.91 Å². The molecule has 0 aromatic heterocycles. The third-order valence-electron chi connectivity index (χ3n) is 7.09. The van der Waals surface area contributed by atoms with Gasteiger partial charge in [0.2, 0.25) is 11.6 Å². The molecular weight excluding hydrogens is 512 g/mol. The van der Waals surface area contributed by atoms with Crippen molar-refractivity contribution in [2.24, 2.45) is 17.6 Å². The molecule has 0 aliphatic heterocycles. The van der Waals surface area contributed by atoms with Crippen molar-refractivity contribution in [1.29, 1.82) is 0 Å². The lowest BCUT2D eigenvalue weighted by Crippen LogP contribution is -3.13. The lowest BCUT2D eigenvalue weighted by Gasteiger charge is -2.52. The number of halogens is 1. The fourth-order valence-electron chi connectivity index (χ4n) is 5.67. The van der Waals surface area contributed by atoms with Crippen LogP contribution in [-0.2, 0) is 14.4 Å². The van der Waals surface area contributed by atoms with Crippen molar-refractivity contribution in [3.8, 4) is 5.75 Å². The quantitative estimate of drug-likeness (QED) is 0.165. The number of aliphatic hydroxyl groups excluding tert-OH is 4. The van der Waals surface area contributed by atoms with Gasteiger partial charge < -0.3 is 59.2 Å². The predicted octanol–water partition coefficient (Wildman–Crippen LogP) is -5.74. The van der Waals surface area contributed by atoms with Gasteiger partial charge in [0.15, 0.2) is 11.6 Å². The van der Waals surface area contributed by atoms with Gasteiger partial charge in [0.05, 0.1) is 31.7 Å². The van der Waals surface area contributed by atoms with Gasteiger partial charge in [-0.3, -0.25) is 14.4 Å². The monoisotopic (exact) mass is 544 g/mol. The molecule has 37 heavy (non-hydrogen) atoms. The van der Waals surface area contributed by atoms with E-state index in [-0.39, 0.29) is 35.8 Å². The zero-order valence-electron chi connectivity index (χ0n) is 20.7. The van der Waals surface area contributed by atoms with E-state index in [4.69, 9.17) is 10.8 Å². The van der Waals surface area contributed by atoms with Crippen molar-refractivity contribution >= 4 is 23.2 Å². The number of amides is 1. The highest BCUT2D eigenvalue weighted by Crippen LogP contribution is 2.55. The summed E-state index contributed by atoms with van der Waals surface area (Å²) in [6.45, 7) is 3.61. The number of Topliss-reactive ketones (excluding diaryl/α,β-unsaturated/α-hetero) is 2. The molecule has 12 nitrogen and oxygen atoms in total. The number of rotatable bonds is 2. The number of fused-ring (bicyclic) bond motifs is 3. The van der Waals surface area contributed by atoms with Crippen LogP contribution in [0.2, 0.25) is 0 Å². The van der Waals surface area contributed by atoms with Crippen molar-refractivity contribution in [3.05, 3.63) is 46.2 Å². The summed E-state index contributed by atoms with van der Waals surface area (Å²) in [5, 5.41) is 62.5. The summed E-state index contributed by atoms with van der Waals surface area (Å²) in [6, 6.07) is 3.23. The van der Waals surface area contributed by atoms with Crippen molar-refractivity contribution in [2.75, 3.05) is 20.7 Å². The van der Waals surface area contributed by atoms with E-state index in [1.165, 1.54) is 6.07 Å². The second-order valence-electron chi connectivity index (χ2n) is 9.25. The molecule has 6 atom stereocenters. The van der Waals surface area contributed by atoms with E-state index in [0.717, 1.165) is 0 Å². The third-order valence-corrected chi connectivity index (χ3v) is 7.09. The average Bonchev–Trinajstić information content (AvgIpc) is 2.76. The standard InChI is InChI=1S/C22H24N2O8.C2H6O.ClH.H2O/c1-7-8-5-4-6-9(25)11(8)16(26)12-10(7)17(27)14-15(24(2)3)18(28)13(21(23)31)20(30)22(14,32)19(12)29;1-2-3;;/h4-7,10,14-15,17,25-27,30,32H,1-3H3,(H2,23,31);3H,2H2,1H3;1H;1H2. The predicted molar refractivity (Wildman–Crippen MR) is 126 cm³/mol. The highest BCUT2D eigenvalue weighted by molar-refractivity contribution is 6.24. The number of nitrogens with one attached hydrogen (secondary N) is 1. The Kier molecular flexibility index (Phi) is 9.67. The zero-order chi connectivity index (χ0) is 26.6. The molecule has 1 aromatic carbocycles. The molecule has 1 aromatic rings. The van der Waals surface area contributed by atoms with Crippen LogP contribution in [0.4, 0.5) is 0 Å². The highest BCUT2D eigenvalue weighted by Gasteiger charge is 2.69. The maximum absolute atomic E-state index is 13.7. The number of carbonyl (C=O) groups is 3. The number of likely N-dealkylation sites (N-methyl/N-ethyl adjacent to an activating group) is 1. The first-order valence-electron chi connectivity index (χ1n) is 11.2. The number of nitrogens with two attached hydrogens (primary N) is 1. The van der Waals surface area contributed by atoms with Crippen LogP contribution >= 0.6 is 0 Å². The molecule has 6 unspecified atom stereocenters. The number of benzene rings is 1. The van der Waals surface area contributed by atoms with E-state index in [1.807, 2.05) is 0 Å². The molecule has 0 bridgehead atoms. The number of quaternary nitrogens is 1. The van der Waals surface area contributed by atoms with Crippen LogP contribution in [-0.4, -0.2) is 92.0 Å². The number of aromatic hydroxyl groups is 1. The number of hydrogen-bond donors (Lipinski definition) is 8. The van der Waals surface area contributed by atoms with Crippen LogP contribution in [0.3, 0.4) is 0 Å². The van der Waals surface area contributed by atoms with Gasteiger partial charge in [-0.1, -0.05) is 19.1 Å². The Morgan fingerprint density at radius 3 is 2.19 bits per heavy atom. The minimum Gasteiger partial charge on any atom is -1.00 e. The van der Waals surface area contributed by atoms with E-state index in [1.54, 1.807) is 40.1 Å². The van der Waals surface area contributed by atoms with Gasteiger partial charge in [-0.25, -0.2) is 0 Å². The van der Waals surface area contributed by atoms with Gasteiger partial charge >= 0.3 is 0 Å². The van der Waals surface area contributed by atoms with Crippen molar-refractivity contribution < 1.29 is 67.8 Å². The van der Waals surface area contributed by atoms with Crippen LogP contribution in [0.25, 0.3) is 5.76 Å². The van der Waals surface area contributed by atoms with Crippen LogP contribution < -0.4 is 23.0 Å². The second-order valence-corrected chi connectivity index (χ2v) is 9.25. The number of ketones is 2. The van der Waals surface area contributed by atoms with Crippen LogP contribution in [0.1, 0.15) is 30.9 Å². The summed E-state index contributed by atoms with van der Waals surface area (Å²) in [4.78, 5) is 39.1. The first-order valence-corrected chi connectivity index (χ1v) is 11.2. The average molecular weight is 545 g/mol. The molecule has 206 valence electrons. The molecule has 1 amide bonds. The number of aliphatic hydroxyl groups is 5. The molecule has 4 rings (SSSR count). The number of phenolic OH excluding ortho intramolecular Hbond substituents is 1. The van der Waals surface area contributed by atoms with Gasteiger partial charge in [-0.05, 0) is 24.5 Å². The summed E-state index contributed by atoms with van der Waals surface area (Å²) in [7, 11) is 3.09. The number of primary amides is 1. The van der Waals surface area contributed by atoms with E-state index >= 15 is 0 Å². The molecule has 0 heterocycles. The van der Waals surface area contributed by atoms with Crippen LogP contribution in [0.5, 0.6) is 5.75 Å². The summed E-state index contributed by atoms with van der Waals surface area (Å²) in [5.41, 5.74) is 1.54. The third kappa shape index (κ3) is 4.39. The maximum atomic E-state index is 13.7. The molecule has 0 radical (unpaired) electrons. The lowest BCUT2D eigenvalue weighted by molar-refractivity contribution is -0.881. The number of hydrogen-bond acceptors (Lipinski definition) is 9. The normalized spacial score (nSPS) is 30.2. The molecule has 1 fully saturated rings. The van der Waals surface area contributed by atoms with Gasteiger partial charge in [-0.15, -0.1) is 0 Å². The fraction of sp³-hybridized carbons (Fsp3) is 0.458. The van der Waals surface area contributed by atoms with Crippen molar-refractivity contribution in [2.45, 2.75) is 37.5 Å². The topological polar surface area (TPSA) is 235 Å². The SMILES string of the molecule is CC1c2cccc(O)c2C(O)=C2C(=O)C3(O)C(O)=C(C(N)=O)C(=O)C([NH+](C)C)C3C(O)C21.CCO.O.[Cl-]. The maximum Gasteiger partial charge on any atom is 0.256 e. The molecule has 1 saturated carbocycles. The Labute approximate surface area is 219 Å². The molecule has 11 N–H and O–H groups in total. The molecule has 0 saturated heterocycles. The summed E-state index contributed by atoms with van der Waals surface area (Å²) >= 11 is 0. The molecule has 3 aliphatic carbocycles. The van der Waals surface area contributed by atoms with Crippen LogP contribution in [0.15, 0.2) is 35.1 Å². The Morgan fingerprint density at radius 1 is 1.16 bits per heavy atom. The van der Waals surface area contributed by atoms with Gasteiger partial charge in [0.1, 0.15) is 22.8 Å². The largest absolute Gasteiger partial charge is 1.00 e. The van der Waals surface area contributed by atoms with Gasteiger partial charge in [0, 0.05) is 18.1 Å². The molecular formula is C24H33ClN2O10. The lowest BCUT2D eigenvalue weighted by atomic mass is 9.54. The minimum absolute atomic E-state index is 0. The molecule has 13 heteroatoms. The fourth-order valence-corrected chi connectivity index (χ4v) is 5.67. The van der Waals surface area contributed by atoms with Crippen molar-refractivity contribution in [3.63, 3.8) is 0 Å². The molecule has 0 spiro atoms. The summed E-state index contributed by atoms with van der Waals surface area (Å²) in [5.74, 6) is -8.72. The smallest absolute Gasteiger partial charge is 0.256 e. The Bertz CT molecular complexity index is 1160. The van der Waals surface area contributed by atoms with Crippen LogP contribution in [0, 0.1) is 11.8 Å². The summed E-state index contributed by atoms with van der Waals surface area (Å²) in [6.07, 6.45) is -1.57. The number of phenols is 1. The minimum atomic E-state index is -2.87. The van der Waals surface area contributed by atoms with Crippen molar-refractivity contribution in [1.82, 2.24) is 0 Å². The zero-order valence-corrected chi connectivity index (χ0v) is 21.4. The Hall–Kier alpha value is -3.00. The van der Waals surface area contributed by atoms with E-state index < -0.39 is 75.6 Å². The molecule has 3 aliphatic rings. The first-order chi connectivity index (χ1) is 16.3. The first kappa shape index (κ1) is 32.0. The second kappa shape index (κ2) is 11.2. The van der Waals surface area contributed by atoms with E-state index in [9.17, 15) is 39.9 Å². The van der Waals surface area contributed by atoms with Gasteiger partial charge in [-0.2, -0.15) is 0 Å². The Morgan fingerprint density at radius 2 is 1.70 bits per heavy atom. The van der Waals surface area contributed by atoms with E-state index in [0.29, 0.717) is 10.5 Å². The number of carbonyl (C=O) groups excluding carboxylic acids is 3.